The Bertz CT molecular complexity index is 305. The SMILES string of the molecule is CC1CCN(C(=O)CCC2CCCC(N)C2)C(C)C1. The lowest BCUT2D eigenvalue weighted by Gasteiger charge is -2.37. The van der Waals surface area contributed by atoms with Crippen molar-refractivity contribution in [2.45, 2.75) is 77.3 Å². The largest absolute Gasteiger partial charge is 0.340 e. The molecule has 2 N–H and O–H groups in total. The van der Waals surface area contributed by atoms with E-state index in [1.807, 2.05) is 0 Å². The van der Waals surface area contributed by atoms with E-state index in [1.54, 1.807) is 0 Å². The van der Waals surface area contributed by atoms with Crippen LogP contribution in [0.5, 0.6) is 0 Å². The Balaban J connectivity index is 1.74. The molecule has 3 heteroatoms. The minimum absolute atomic E-state index is 0.374. The van der Waals surface area contributed by atoms with Crippen LogP contribution in [0.4, 0.5) is 0 Å². The second kappa shape index (κ2) is 6.74. The lowest BCUT2D eigenvalue weighted by atomic mass is 9.83. The van der Waals surface area contributed by atoms with Gasteiger partial charge in [-0.15, -0.1) is 0 Å². The molecule has 1 aliphatic heterocycles. The molecule has 1 aliphatic carbocycles. The van der Waals surface area contributed by atoms with Gasteiger partial charge in [0.2, 0.25) is 5.91 Å². The average Bonchev–Trinajstić information content (AvgIpc) is 2.36. The molecule has 2 fully saturated rings. The Hall–Kier alpha value is -0.570. The van der Waals surface area contributed by atoms with E-state index in [0.29, 0.717) is 23.9 Å². The number of carbonyl (C=O) groups is 1. The quantitative estimate of drug-likeness (QED) is 0.853. The van der Waals surface area contributed by atoms with E-state index in [1.165, 1.54) is 32.1 Å². The molecular formula is C16H30N2O. The zero-order valence-electron chi connectivity index (χ0n) is 12.6. The maximum absolute atomic E-state index is 12.3. The van der Waals surface area contributed by atoms with E-state index in [0.717, 1.165) is 31.7 Å². The second-order valence-corrected chi connectivity index (χ2v) is 6.90. The first-order valence-electron chi connectivity index (χ1n) is 8.11. The van der Waals surface area contributed by atoms with Gasteiger partial charge in [0.1, 0.15) is 0 Å². The number of hydrogen-bond acceptors (Lipinski definition) is 2. The van der Waals surface area contributed by atoms with Gasteiger partial charge >= 0.3 is 0 Å². The predicted octanol–water partition coefficient (Wildman–Crippen LogP) is 2.93. The molecule has 0 bridgehead atoms. The molecule has 0 aromatic carbocycles. The Morgan fingerprint density at radius 2 is 2.00 bits per heavy atom. The van der Waals surface area contributed by atoms with Gasteiger partial charge in [0, 0.05) is 25.0 Å². The summed E-state index contributed by atoms with van der Waals surface area (Å²) >= 11 is 0. The smallest absolute Gasteiger partial charge is 0.222 e. The molecule has 0 radical (unpaired) electrons. The number of nitrogens with two attached hydrogens (primary N) is 1. The van der Waals surface area contributed by atoms with E-state index in [4.69, 9.17) is 5.73 Å². The van der Waals surface area contributed by atoms with Crippen LogP contribution in [-0.2, 0) is 4.79 Å². The normalized spacial score (nSPS) is 36.3. The van der Waals surface area contributed by atoms with Gasteiger partial charge in [0.05, 0.1) is 0 Å². The van der Waals surface area contributed by atoms with Gasteiger partial charge in [0.15, 0.2) is 0 Å². The first kappa shape index (κ1) is 14.8. The molecule has 4 atom stereocenters. The molecule has 0 aromatic heterocycles. The highest BCUT2D eigenvalue weighted by Crippen LogP contribution is 2.28. The summed E-state index contributed by atoms with van der Waals surface area (Å²) in [5.41, 5.74) is 6.02. The fraction of sp³-hybridized carbons (Fsp3) is 0.938. The Morgan fingerprint density at radius 3 is 2.68 bits per heavy atom. The number of carbonyl (C=O) groups excluding carboxylic acids is 1. The highest BCUT2D eigenvalue weighted by molar-refractivity contribution is 5.76. The average molecular weight is 266 g/mol. The summed E-state index contributed by atoms with van der Waals surface area (Å²) in [5, 5.41) is 0. The van der Waals surface area contributed by atoms with Gasteiger partial charge in [0.25, 0.3) is 0 Å². The topological polar surface area (TPSA) is 46.3 Å². The van der Waals surface area contributed by atoms with Crippen LogP contribution in [0.3, 0.4) is 0 Å². The Labute approximate surface area is 117 Å². The third-order valence-electron chi connectivity index (χ3n) is 5.05. The molecular weight excluding hydrogens is 236 g/mol. The maximum Gasteiger partial charge on any atom is 0.222 e. The number of likely N-dealkylation sites (tertiary alicyclic amines) is 1. The Kier molecular flexibility index (Phi) is 5.26. The zero-order chi connectivity index (χ0) is 13.8. The summed E-state index contributed by atoms with van der Waals surface area (Å²) in [4.78, 5) is 14.4. The van der Waals surface area contributed by atoms with Crippen LogP contribution in [0, 0.1) is 11.8 Å². The number of rotatable bonds is 3. The molecule has 0 aromatic rings. The number of amides is 1. The summed E-state index contributed by atoms with van der Waals surface area (Å²) in [6.45, 7) is 5.46. The standard InChI is InChI=1S/C16H30N2O/c1-12-8-9-18(13(2)10-12)16(19)7-6-14-4-3-5-15(17)11-14/h12-15H,3-11,17H2,1-2H3. The van der Waals surface area contributed by atoms with Gasteiger partial charge in [-0.3, -0.25) is 4.79 Å². The van der Waals surface area contributed by atoms with Crippen LogP contribution >= 0.6 is 0 Å². The van der Waals surface area contributed by atoms with Crippen LogP contribution in [-0.4, -0.2) is 29.4 Å². The van der Waals surface area contributed by atoms with Gasteiger partial charge < -0.3 is 10.6 Å². The molecule has 19 heavy (non-hydrogen) atoms. The fourth-order valence-electron chi connectivity index (χ4n) is 3.84. The maximum atomic E-state index is 12.3. The second-order valence-electron chi connectivity index (χ2n) is 6.90. The van der Waals surface area contributed by atoms with E-state index >= 15 is 0 Å². The van der Waals surface area contributed by atoms with Crippen LogP contribution in [0.1, 0.15) is 65.2 Å². The van der Waals surface area contributed by atoms with Crippen molar-refractivity contribution in [2.24, 2.45) is 17.6 Å². The van der Waals surface area contributed by atoms with Gasteiger partial charge in [-0.2, -0.15) is 0 Å². The van der Waals surface area contributed by atoms with Gasteiger partial charge in [-0.05, 0) is 50.9 Å². The van der Waals surface area contributed by atoms with Crippen molar-refractivity contribution in [1.82, 2.24) is 4.90 Å². The van der Waals surface area contributed by atoms with Crippen molar-refractivity contribution >= 4 is 5.91 Å². The van der Waals surface area contributed by atoms with E-state index in [9.17, 15) is 4.79 Å². The summed E-state index contributed by atoms with van der Waals surface area (Å²) in [6.07, 6.45) is 8.93. The molecule has 1 heterocycles. The molecule has 1 amide bonds. The first-order valence-corrected chi connectivity index (χ1v) is 8.11. The predicted molar refractivity (Wildman–Crippen MR) is 78.7 cm³/mol. The molecule has 2 rings (SSSR count). The zero-order valence-corrected chi connectivity index (χ0v) is 12.6. The molecule has 1 saturated heterocycles. The molecule has 1 saturated carbocycles. The third kappa shape index (κ3) is 4.20. The van der Waals surface area contributed by atoms with E-state index in [-0.39, 0.29) is 0 Å². The molecule has 3 nitrogen and oxygen atoms in total. The van der Waals surface area contributed by atoms with Crippen LogP contribution in [0.2, 0.25) is 0 Å². The van der Waals surface area contributed by atoms with Crippen molar-refractivity contribution in [3.05, 3.63) is 0 Å². The summed E-state index contributed by atoms with van der Waals surface area (Å²) in [7, 11) is 0. The van der Waals surface area contributed by atoms with Crippen LogP contribution in [0.15, 0.2) is 0 Å². The monoisotopic (exact) mass is 266 g/mol. The van der Waals surface area contributed by atoms with Gasteiger partial charge in [-0.25, -0.2) is 0 Å². The highest BCUT2D eigenvalue weighted by atomic mass is 16.2. The van der Waals surface area contributed by atoms with Crippen molar-refractivity contribution in [2.75, 3.05) is 6.54 Å². The highest BCUT2D eigenvalue weighted by Gasteiger charge is 2.27. The van der Waals surface area contributed by atoms with Crippen LogP contribution < -0.4 is 5.73 Å². The van der Waals surface area contributed by atoms with Crippen molar-refractivity contribution in [3.8, 4) is 0 Å². The summed E-state index contributed by atoms with van der Waals surface area (Å²) in [5.74, 6) is 1.83. The first-order chi connectivity index (χ1) is 9.06. The fourth-order valence-corrected chi connectivity index (χ4v) is 3.84. The van der Waals surface area contributed by atoms with Crippen molar-refractivity contribution < 1.29 is 4.79 Å². The van der Waals surface area contributed by atoms with Crippen LogP contribution in [0.25, 0.3) is 0 Å². The summed E-state index contributed by atoms with van der Waals surface area (Å²) in [6, 6.07) is 0.813. The van der Waals surface area contributed by atoms with Gasteiger partial charge in [-0.1, -0.05) is 19.8 Å². The molecule has 0 spiro atoms. The van der Waals surface area contributed by atoms with E-state index in [2.05, 4.69) is 18.7 Å². The minimum atomic E-state index is 0.374. The molecule has 110 valence electrons. The van der Waals surface area contributed by atoms with Crippen molar-refractivity contribution in [1.29, 1.82) is 0 Å². The number of hydrogen-bond donors (Lipinski definition) is 1. The number of nitrogens with zero attached hydrogens (tertiary/aromatic N) is 1. The Morgan fingerprint density at radius 1 is 1.21 bits per heavy atom. The molecule has 2 aliphatic rings. The van der Waals surface area contributed by atoms with E-state index < -0.39 is 0 Å². The summed E-state index contributed by atoms with van der Waals surface area (Å²) < 4.78 is 0. The lowest BCUT2D eigenvalue weighted by molar-refractivity contribution is -0.135. The minimum Gasteiger partial charge on any atom is -0.340 e. The van der Waals surface area contributed by atoms with Crippen molar-refractivity contribution in [3.63, 3.8) is 0 Å². The lowest BCUT2D eigenvalue weighted by Crippen LogP contribution is -2.44. The third-order valence-corrected chi connectivity index (χ3v) is 5.05. The number of piperidine rings is 1. The molecule has 4 unspecified atom stereocenters.